The Kier molecular flexibility index (Phi) is 3.26. The van der Waals surface area contributed by atoms with Gasteiger partial charge >= 0.3 is 0 Å². The van der Waals surface area contributed by atoms with Gasteiger partial charge in [-0.2, -0.15) is 0 Å². The van der Waals surface area contributed by atoms with E-state index >= 15 is 0 Å². The molecule has 0 saturated carbocycles. The van der Waals surface area contributed by atoms with Crippen molar-refractivity contribution in [3.05, 3.63) is 46.2 Å². The molecule has 2 aromatic heterocycles. The number of nitrogens with zero attached hydrogens (tertiary/aromatic N) is 3. The van der Waals surface area contributed by atoms with Crippen LogP contribution in [0.1, 0.15) is 15.4 Å². The number of hydrogen-bond acceptors (Lipinski definition) is 5. The molecule has 0 spiro atoms. The third-order valence-electron chi connectivity index (χ3n) is 1.68. The lowest BCUT2D eigenvalue weighted by Crippen LogP contribution is -1.75. The second kappa shape index (κ2) is 5.05. The van der Waals surface area contributed by atoms with Gasteiger partial charge in [0.1, 0.15) is 0 Å². The highest BCUT2D eigenvalue weighted by Gasteiger charge is 1.95. The maximum Gasteiger partial charge on any atom is 0.167 e. The zero-order valence-electron chi connectivity index (χ0n) is 8.16. The standard InChI is InChI=1S/C11H7N3OS/c15-14-8-10-7-13-11(16-10)4-3-9-2-1-5-12-6-9/h1-2,5-8,15H. The second-order valence-electron chi connectivity index (χ2n) is 2.80. The summed E-state index contributed by atoms with van der Waals surface area (Å²) in [6.45, 7) is 0. The molecule has 0 saturated heterocycles. The lowest BCUT2D eigenvalue weighted by Gasteiger charge is -1.84. The van der Waals surface area contributed by atoms with Gasteiger partial charge in [0.25, 0.3) is 0 Å². The molecule has 0 aromatic carbocycles. The Morgan fingerprint density at radius 1 is 1.38 bits per heavy atom. The van der Waals surface area contributed by atoms with E-state index in [2.05, 4.69) is 27.0 Å². The molecule has 2 rings (SSSR count). The first-order valence-corrected chi connectivity index (χ1v) is 5.25. The minimum atomic E-state index is 0.679. The summed E-state index contributed by atoms with van der Waals surface area (Å²) in [5, 5.41) is 11.9. The highest BCUT2D eigenvalue weighted by molar-refractivity contribution is 7.13. The fourth-order valence-electron chi connectivity index (χ4n) is 1.02. The summed E-state index contributed by atoms with van der Waals surface area (Å²) in [6.07, 6.45) is 6.33. The van der Waals surface area contributed by atoms with Crippen molar-refractivity contribution in [1.29, 1.82) is 0 Å². The average molecular weight is 229 g/mol. The topological polar surface area (TPSA) is 58.4 Å². The maximum absolute atomic E-state index is 8.34. The zero-order valence-corrected chi connectivity index (χ0v) is 8.98. The van der Waals surface area contributed by atoms with Gasteiger partial charge in [-0.05, 0) is 18.1 Å². The van der Waals surface area contributed by atoms with Gasteiger partial charge in [0, 0.05) is 24.2 Å². The van der Waals surface area contributed by atoms with Gasteiger partial charge < -0.3 is 5.21 Å². The molecule has 2 heterocycles. The molecule has 0 bridgehead atoms. The van der Waals surface area contributed by atoms with Crippen LogP contribution in [0, 0.1) is 11.8 Å². The Bertz CT molecular complexity index is 551. The Hall–Kier alpha value is -2.19. The molecule has 16 heavy (non-hydrogen) atoms. The Morgan fingerprint density at radius 3 is 3.06 bits per heavy atom. The predicted molar refractivity (Wildman–Crippen MR) is 61.7 cm³/mol. The first-order valence-electron chi connectivity index (χ1n) is 4.44. The van der Waals surface area contributed by atoms with Crippen LogP contribution in [0.25, 0.3) is 0 Å². The van der Waals surface area contributed by atoms with Crippen molar-refractivity contribution in [2.24, 2.45) is 5.16 Å². The summed E-state index contributed by atoms with van der Waals surface area (Å²) in [5.74, 6) is 5.86. The van der Waals surface area contributed by atoms with Crippen LogP contribution < -0.4 is 0 Å². The van der Waals surface area contributed by atoms with Crippen molar-refractivity contribution in [1.82, 2.24) is 9.97 Å². The number of thiazole rings is 1. The van der Waals surface area contributed by atoms with E-state index in [1.165, 1.54) is 17.6 Å². The summed E-state index contributed by atoms with van der Waals surface area (Å²) in [6, 6.07) is 3.71. The van der Waals surface area contributed by atoms with Crippen LogP contribution in [0.3, 0.4) is 0 Å². The first kappa shape index (κ1) is 10.3. The summed E-state index contributed by atoms with van der Waals surface area (Å²) in [5.41, 5.74) is 0.843. The number of rotatable bonds is 1. The van der Waals surface area contributed by atoms with Gasteiger partial charge in [0.05, 0.1) is 11.1 Å². The van der Waals surface area contributed by atoms with E-state index < -0.39 is 0 Å². The van der Waals surface area contributed by atoms with Crippen molar-refractivity contribution in [2.45, 2.75) is 0 Å². The summed E-state index contributed by atoms with van der Waals surface area (Å²) in [4.78, 5) is 8.79. The van der Waals surface area contributed by atoms with Crippen molar-refractivity contribution in [3.63, 3.8) is 0 Å². The monoisotopic (exact) mass is 229 g/mol. The molecule has 0 fully saturated rings. The minimum absolute atomic E-state index is 0.679. The van der Waals surface area contributed by atoms with Crippen molar-refractivity contribution in [3.8, 4) is 11.8 Å². The molecule has 1 N–H and O–H groups in total. The average Bonchev–Trinajstić information content (AvgIpc) is 2.76. The Morgan fingerprint density at radius 2 is 2.31 bits per heavy atom. The lowest BCUT2D eigenvalue weighted by molar-refractivity contribution is 0.322. The smallest absolute Gasteiger partial charge is 0.167 e. The van der Waals surface area contributed by atoms with Crippen LogP contribution in [0.5, 0.6) is 0 Å². The van der Waals surface area contributed by atoms with Crippen LogP contribution >= 0.6 is 11.3 Å². The molecule has 0 aliphatic heterocycles. The van der Waals surface area contributed by atoms with Gasteiger partial charge in [0.15, 0.2) is 5.01 Å². The van der Waals surface area contributed by atoms with Crippen LogP contribution in [-0.2, 0) is 0 Å². The minimum Gasteiger partial charge on any atom is -0.411 e. The molecule has 5 heteroatoms. The molecule has 0 aliphatic carbocycles. The van der Waals surface area contributed by atoms with E-state index in [0.29, 0.717) is 5.01 Å². The van der Waals surface area contributed by atoms with E-state index in [4.69, 9.17) is 5.21 Å². The predicted octanol–water partition coefficient (Wildman–Crippen LogP) is 1.75. The zero-order chi connectivity index (χ0) is 11.2. The summed E-state index contributed by atoms with van der Waals surface area (Å²) in [7, 11) is 0. The third-order valence-corrected chi connectivity index (χ3v) is 2.53. The Balaban J connectivity index is 2.18. The quantitative estimate of drug-likeness (QED) is 0.351. The van der Waals surface area contributed by atoms with Gasteiger partial charge in [-0.1, -0.05) is 11.1 Å². The molecule has 0 unspecified atom stereocenters. The van der Waals surface area contributed by atoms with E-state index in [0.717, 1.165) is 10.4 Å². The molecular weight excluding hydrogens is 222 g/mol. The fraction of sp³-hybridized carbons (Fsp3) is 0. The van der Waals surface area contributed by atoms with Crippen LogP contribution in [0.15, 0.2) is 35.9 Å². The van der Waals surface area contributed by atoms with Crippen molar-refractivity contribution >= 4 is 17.6 Å². The molecular formula is C11H7N3OS. The fourth-order valence-corrected chi connectivity index (χ4v) is 1.66. The highest BCUT2D eigenvalue weighted by Crippen LogP contribution is 2.09. The Labute approximate surface area is 96.3 Å². The largest absolute Gasteiger partial charge is 0.411 e. The molecule has 2 aromatic rings. The molecule has 0 atom stereocenters. The van der Waals surface area contributed by atoms with Gasteiger partial charge in [-0.15, -0.1) is 11.3 Å². The van der Waals surface area contributed by atoms with Crippen molar-refractivity contribution < 1.29 is 5.21 Å². The number of pyridine rings is 1. The first-order chi connectivity index (χ1) is 7.88. The molecule has 0 aliphatic rings. The SMILES string of the molecule is ON=Cc1cnc(C#Cc2cccnc2)s1. The molecule has 4 nitrogen and oxygen atoms in total. The van der Waals surface area contributed by atoms with Crippen molar-refractivity contribution in [2.75, 3.05) is 0 Å². The highest BCUT2D eigenvalue weighted by atomic mass is 32.1. The number of oxime groups is 1. The third kappa shape index (κ3) is 2.65. The van der Waals surface area contributed by atoms with E-state index in [1.54, 1.807) is 18.6 Å². The van der Waals surface area contributed by atoms with Crippen LogP contribution in [-0.4, -0.2) is 21.4 Å². The molecule has 78 valence electrons. The van der Waals surface area contributed by atoms with Gasteiger partial charge in [0.2, 0.25) is 0 Å². The number of aromatic nitrogens is 2. The molecule has 0 radical (unpaired) electrons. The summed E-state index contributed by atoms with van der Waals surface area (Å²) < 4.78 is 0. The molecule has 0 amide bonds. The van der Waals surface area contributed by atoms with E-state index in [9.17, 15) is 0 Å². The van der Waals surface area contributed by atoms with E-state index in [-0.39, 0.29) is 0 Å². The number of hydrogen-bond donors (Lipinski definition) is 1. The summed E-state index contributed by atoms with van der Waals surface area (Å²) >= 11 is 1.36. The van der Waals surface area contributed by atoms with Gasteiger partial charge in [-0.25, -0.2) is 4.98 Å². The normalized spacial score (nSPS) is 10.0. The van der Waals surface area contributed by atoms with Gasteiger partial charge in [-0.3, -0.25) is 4.98 Å². The second-order valence-corrected chi connectivity index (χ2v) is 3.87. The maximum atomic E-state index is 8.34. The lowest BCUT2D eigenvalue weighted by atomic mass is 10.3. The van der Waals surface area contributed by atoms with Crippen LogP contribution in [0.2, 0.25) is 0 Å². The van der Waals surface area contributed by atoms with Crippen LogP contribution in [0.4, 0.5) is 0 Å². The van der Waals surface area contributed by atoms with E-state index in [1.807, 2.05) is 12.1 Å².